The molecule has 108 valence electrons. The van der Waals surface area contributed by atoms with Crippen LogP contribution in [0.1, 0.15) is 11.3 Å². The summed E-state index contributed by atoms with van der Waals surface area (Å²) in [5.74, 6) is 0.888. The monoisotopic (exact) mass is 298 g/mol. The van der Waals surface area contributed by atoms with Crippen LogP contribution >= 0.6 is 11.8 Å². The smallest absolute Gasteiger partial charge is 0.191 e. The molecule has 1 aromatic carbocycles. The van der Waals surface area contributed by atoms with Gasteiger partial charge in [0.2, 0.25) is 0 Å². The quantitative estimate of drug-likeness (QED) is 0.586. The van der Waals surface area contributed by atoms with Crippen molar-refractivity contribution in [2.24, 2.45) is 0 Å². The second-order valence-electron chi connectivity index (χ2n) is 5.04. The third-order valence-electron chi connectivity index (χ3n) is 3.78. The van der Waals surface area contributed by atoms with Gasteiger partial charge in [-0.2, -0.15) is 0 Å². The maximum Gasteiger partial charge on any atom is 0.191 e. The zero-order valence-corrected chi connectivity index (χ0v) is 13.3. The number of hydrogen-bond donors (Lipinski definition) is 1. The molecule has 0 amide bonds. The Morgan fingerprint density at radius 1 is 1.33 bits per heavy atom. The molecule has 0 radical (unpaired) electrons. The van der Waals surface area contributed by atoms with Crippen molar-refractivity contribution in [3.63, 3.8) is 0 Å². The van der Waals surface area contributed by atoms with Crippen molar-refractivity contribution in [3.8, 4) is 11.4 Å². The molecule has 0 bridgehead atoms. The van der Waals surface area contributed by atoms with Gasteiger partial charge in [0.1, 0.15) is 0 Å². The highest BCUT2D eigenvalue weighted by molar-refractivity contribution is 7.98. The van der Waals surface area contributed by atoms with E-state index in [0.717, 1.165) is 22.1 Å². The summed E-state index contributed by atoms with van der Waals surface area (Å²) in [5, 5.41) is 10.8. The van der Waals surface area contributed by atoms with Gasteiger partial charge in [-0.25, -0.2) is 0 Å². The fourth-order valence-corrected chi connectivity index (χ4v) is 3.05. The van der Waals surface area contributed by atoms with E-state index in [2.05, 4.69) is 58.4 Å². The number of thioether (sulfide) groups is 1. The van der Waals surface area contributed by atoms with Gasteiger partial charge in [-0.1, -0.05) is 17.8 Å². The number of aromatic nitrogens is 4. The first kappa shape index (κ1) is 13.9. The standard InChI is InChI=1S/C16H18N4S/c1-5-8-20-15(18-19-16(20)21-4)12-6-7-14-13(9-12)10(2)11(3)17-14/h5-7,9,17H,1,8H2,2-4H3. The van der Waals surface area contributed by atoms with Crippen LogP contribution in [0.5, 0.6) is 0 Å². The van der Waals surface area contributed by atoms with Gasteiger partial charge in [0.25, 0.3) is 0 Å². The van der Waals surface area contributed by atoms with E-state index >= 15 is 0 Å². The second kappa shape index (κ2) is 5.41. The lowest BCUT2D eigenvalue weighted by molar-refractivity contribution is 0.732. The lowest BCUT2D eigenvalue weighted by atomic mass is 10.1. The fraction of sp³-hybridized carbons (Fsp3) is 0.250. The SMILES string of the molecule is C=CCn1c(SC)nnc1-c1ccc2[nH]c(C)c(C)c2c1. The lowest BCUT2D eigenvalue weighted by Crippen LogP contribution is -2.00. The summed E-state index contributed by atoms with van der Waals surface area (Å²) in [7, 11) is 0. The van der Waals surface area contributed by atoms with Crippen LogP contribution in [0, 0.1) is 13.8 Å². The molecule has 0 aliphatic heterocycles. The molecule has 4 nitrogen and oxygen atoms in total. The van der Waals surface area contributed by atoms with Crippen LogP contribution < -0.4 is 0 Å². The predicted octanol–water partition coefficient (Wildman–Crippen LogP) is 3.95. The van der Waals surface area contributed by atoms with Gasteiger partial charge in [-0.3, -0.25) is 4.57 Å². The van der Waals surface area contributed by atoms with Crippen LogP contribution in [-0.4, -0.2) is 26.0 Å². The number of nitrogens with zero attached hydrogens (tertiary/aromatic N) is 3. The number of allylic oxidation sites excluding steroid dienone is 1. The van der Waals surface area contributed by atoms with Gasteiger partial charge in [-0.15, -0.1) is 16.8 Å². The first-order valence-corrected chi connectivity index (χ1v) is 8.05. The van der Waals surface area contributed by atoms with Crippen LogP contribution in [0.25, 0.3) is 22.3 Å². The van der Waals surface area contributed by atoms with Crippen molar-refractivity contribution in [1.29, 1.82) is 0 Å². The Morgan fingerprint density at radius 3 is 2.86 bits per heavy atom. The average Bonchev–Trinajstić information content (AvgIpc) is 3.01. The van der Waals surface area contributed by atoms with Gasteiger partial charge >= 0.3 is 0 Å². The number of aromatic amines is 1. The first-order chi connectivity index (χ1) is 10.2. The maximum absolute atomic E-state index is 4.35. The van der Waals surface area contributed by atoms with Crippen molar-refractivity contribution in [2.75, 3.05) is 6.26 Å². The van der Waals surface area contributed by atoms with Crippen LogP contribution in [-0.2, 0) is 6.54 Å². The van der Waals surface area contributed by atoms with Gasteiger partial charge < -0.3 is 4.98 Å². The number of H-pyrrole nitrogens is 1. The highest BCUT2D eigenvalue weighted by Crippen LogP contribution is 2.28. The third-order valence-corrected chi connectivity index (χ3v) is 4.44. The molecule has 0 fully saturated rings. The molecule has 3 aromatic rings. The number of benzene rings is 1. The number of fused-ring (bicyclic) bond motifs is 1. The molecule has 2 heterocycles. The zero-order chi connectivity index (χ0) is 15.0. The summed E-state index contributed by atoms with van der Waals surface area (Å²) in [4.78, 5) is 3.40. The number of hydrogen-bond acceptors (Lipinski definition) is 3. The van der Waals surface area contributed by atoms with Crippen LogP contribution in [0.2, 0.25) is 0 Å². The van der Waals surface area contributed by atoms with Crippen molar-refractivity contribution in [2.45, 2.75) is 25.5 Å². The van der Waals surface area contributed by atoms with Crippen molar-refractivity contribution >= 4 is 22.7 Å². The van der Waals surface area contributed by atoms with Crippen molar-refractivity contribution in [1.82, 2.24) is 19.7 Å². The van der Waals surface area contributed by atoms with Gasteiger partial charge in [0.15, 0.2) is 11.0 Å². The zero-order valence-electron chi connectivity index (χ0n) is 12.5. The summed E-state index contributed by atoms with van der Waals surface area (Å²) < 4.78 is 2.09. The fourth-order valence-electron chi connectivity index (χ4n) is 2.55. The van der Waals surface area contributed by atoms with E-state index in [1.54, 1.807) is 11.8 Å². The molecule has 0 unspecified atom stereocenters. The summed E-state index contributed by atoms with van der Waals surface area (Å²) in [6.07, 6.45) is 3.88. The minimum atomic E-state index is 0.710. The Hall–Kier alpha value is -2.01. The summed E-state index contributed by atoms with van der Waals surface area (Å²) in [6.45, 7) is 8.77. The Labute approximate surface area is 128 Å². The van der Waals surface area contributed by atoms with Crippen LogP contribution in [0.3, 0.4) is 0 Å². The maximum atomic E-state index is 4.35. The van der Waals surface area contributed by atoms with E-state index < -0.39 is 0 Å². The van der Waals surface area contributed by atoms with Crippen LogP contribution in [0.15, 0.2) is 36.0 Å². The Morgan fingerprint density at radius 2 is 2.14 bits per heavy atom. The second-order valence-corrected chi connectivity index (χ2v) is 5.82. The summed E-state index contributed by atoms with van der Waals surface area (Å²) >= 11 is 1.60. The van der Waals surface area contributed by atoms with E-state index in [-0.39, 0.29) is 0 Å². The topological polar surface area (TPSA) is 46.5 Å². The molecular formula is C16H18N4S. The van der Waals surface area contributed by atoms with Crippen molar-refractivity contribution in [3.05, 3.63) is 42.1 Å². The number of rotatable bonds is 4. The molecule has 2 aromatic heterocycles. The number of nitrogens with one attached hydrogen (secondary N) is 1. The van der Waals surface area contributed by atoms with Crippen LogP contribution in [0.4, 0.5) is 0 Å². The molecule has 0 aliphatic carbocycles. The Balaban J connectivity index is 2.18. The molecule has 1 N–H and O–H groups in total. The minimum absolute atomic E-state index is 0.710. The molecule has 21 heavy (non-hydrogen) atoms. The summed E-state index contributed by atoms with van der Waals surface area (Å²) in [6, 6.07) is 6.38. The minimum Gasteiger partial charge on any atom is -0.358 e. The molecule has 5 heteroatoms. The van der Waals surface area contributed by atoms with Gasteiger partial charge in [0, 0.05) is 28.7 Å². The largest absolute Gasteiger partial charge is 0.358 e. The van der Waals surface area contributed by atoms with E-state index in [4.69, 9.17) is 0 Å². The highest BCUT2D eigenvalue weighted by Gasteiger charge is 2.14. The van der Waals surface area contributed by atoms with E-state index in [0.29, 0.717) is 6.54 Å². The lowest BCUT2D eigenvalue weighted by Gasteiger charge is -2.06. The van der Waals surface area contributed by atoms with E-state index in [1.165, 1.54) is 16.6 Å². The van der Waals surface area contributed by atoms with Gasteiger partial charge in [0.05, 0.1) is 0 Å². The Kier molecular flexibility index (Phi) is 3.59. The molecule has 0 spiro atoms. The molecule has 3 rings (SSSR count). The number of aryl methyl sites for hydroxylation is 2. The molecule has 0 saturated heterocycles. The average molecular weight is 298 g/mol. The Bertz CT molecular complexity index is 813. The summed E-state index contributed by atoms with van der Waals surface area (Å²) in [5.41, 5.74) is 4.74. The van der Waals surface area contributed by atoms with Crippen molar-refractivity contribution < 1.29 is 0 Å². The molecule has 0 atom stereocenters. The highest BCUT2D eigenvalue weighted by atomic mass is 32.2. The van der Waals surface area contributed by atoms with E-state index in [1.807, 2.05) is 12.3 Å². The normalized spacial score (nSPS) is 11.2. The molecule has 0 aliphatic rings. The molecule has 0 saturated carbocycles. The first-order valence-electron chi connectivity index (χ1n) is 6.83. The predicted molar refractivity (Wildman–Crippen MR) is 88.8 cm³/mol. The molecular weight excluding hydrogens is 280 g/mol. The van der Waals surface area contributed by atoms with E-state index in [9.17, 15) is 0 Å². The third kappa shape index (κ3) is 2.27. The van der Waals surface area contributed by atoms with Gasteiger partial charge in [-0.05, 0) is 43.9 Å².